The lowest BCUT2D eigenvalue weighted by Gasteiger charge is -2.33. The molecule has 1 fully saturated rings. The molecule has 1 amide bonds. The molecule has 0 bridgehead atoms. The van der Waals surface area contributed by atoms with Gasteiger partial charge < -0.3 is 14.6 Å². The Balaban J connectivity index is 1.51. The number of hydrogen-bond donors (Lipinski definition) is 1. The molecule has 8 nitrogen and oxygen atoms in total. The number of amides is 1. The van der Waals surface area contributed by atoms with Crippen LogP contribution < -0.4 is 10.2 Å². The lowest BCUT2D eigenvalue weighted by Crippen LogP contribution is -2.28. The van der Waals surface area contributed by atoms with Gasteiger partial charge in [0.15, 0.2) is 0 Å². The smallest absolute Gasteiger partial charge is 0.270 e. The largest absolute Gasteiger partial charge is 0.467 e. The van der Waals surface area contributed by atoms with Crippen LogP contribution in [0.25, 0.3) is 0 Å². The van der Waals surface area contributed by atoms with Crippen LogP contribution >= 0.6 is 11.3 Å². The predicted molar refractivity (Wildman–Crippen MR) is 151 cm³/mol. The van der Waals surface area contributed by atoms with Gasteiger partial charge in [0.2, 0.25) is 0 Å². The van der Waals surface area contributed by atoms with E-state index in [1.807, 2.05) is 12.1 Å². The number of fused-ring (bicyclic) bond motifs is 1. The van der Waals surface area contributed by atoms with Gasteiger partial charge in [-0.3, -0.25) is 14.9 Å². The van der Waals surface area contributed by atoms with Gasteiger partial charge in [0.1, 0.15) is 10.8 Å². The number of hydrogen-bond acceptors (Lipinski definition) is 7. The van der Waals surface area contributed by atoms with E-state index in [0.717, 1.165) is 56.4 Å². The van der Waals surface area contributed by atoms with Gasteiger partial charge in [-0.2, -0.15) is 0 Å². The minimum Gasteiger partial charge on any atom is -0.467 e. The quantitative estimate of drug-likeness (QED) is 0.207. The summed E-state index contributed by atoms with van der Waals surface area (Å²) in [7, 11) is 0. The van der Waals surface area contributed by atoms with E-state index in [1.54, 1.807) is 42.0 Å². The summed E-state index contributed by atoms with van der Waals surface area (Å²) in [6, 6.07) is 8.58. The third kappa shape index (κ3) is 5.53. The van der Waals surface area contributed by atoms with Crippen LogP contribution in [0.5, 0.6) is 0 Å². The van der Waals surface area contributed by atoms with E-state index in [2.05, 4.69) is 31.0 Å². The number of carbonyl (C=O) groups excluding carboxylic acids is 1. The summed E-state index contributed by atoms with van der Waals surface area (Å²) in [6.07, 6.45) is 8.27. The zero-order valence-corrected chi connectivity index (χ0v) is 23.0. The average Bonchev–Trinajstić information content (AvgIpc) is 3.66. The average molecular weight is 535 g/mol. The highest BCUT2D eigenvalue weighted by atomic mass is 32.1. The Labute approximate surface area is 226 Å². The zero-order chi connectivity index (χ0) is 26.9. The normalized spacial score (nSPS) is 17.7. The first-order valence-electron chi connectivity index (χ1n) is 13.2. The van der Waals surface area contributed by atoms with Crippen molar-refractivity contribution in [1.29, 1.82) is 0 Å². The summed E-state index contributed by atoms with van der Waals surface area (Å²) in [4.78, 5) is 32.9. The molecule has 1 aliphatic carbocycles. The molecule has 1 aliphatic heterocycles. The Morgan fingerprint density at radius 2 is 2.08 bits per heavy atom. The van der Waals surface area contributed by atoms with Gasteiger partial charge in [0.05, 0.1) is 23.3 Å². The number of benzene rings is 1. The van der Waals surface area contributed by atoms with Crippen LogP contribution in [0, 0.1) is 21.4 Å². The summed E-state index contributed by atoms with van der Waals surface area (Å²) in [5, 5.41) is 15.2. The Morgan fingerprint density at radius 3 is 2.76 bits per heavy atom. The van der Waals surface area contributed by atoms with Crippen LogP contribution in [-0.4, -0.2) is 30.1 Å². The van der Waals surface area contributed by atoms with E-state index < -0.39 is 0 Å². The molecule has 0 spiro atoms. The zero-order valence-electron chi connectivity index (χ0n) is 22.2. The number of anilines is 1. The molecule has 1 aromatic carbocycles. The highest BCUT2D eigenvalue weighted by Gasteiger charge is 2.33. The van der Waals surface area contributed by atoms with E-state index in [4.69, 9.17) is 9.41 Å². The molecule has 0 saturated carbocycles. The minimum atomic E-state index is -0.380. The fourth-order valence-corrected chi connectivity index (χ4v) is 6.71. The lowest BCUT2D eigenvalue weighted by atomic mass is 9.72. The van der Waals surface area contributed by atoms with Gasteiger partial charge in [-0.05, 0) is 67.2 Å². The summed E-state index contributed by atoms with van der Waals surface area (Å²) < 4.78 is 5.39. The number of thiophene rings is 1. The summed E-state index contributed by atoms with van der Waals surface area (Å²) >= 11 is 1.57. The lowest BCUT2D eigenvalue weighted by molar-refractivity contribution is -0.384. The van der Waals surface area contributed by atoms with Crippen LogP contribution in [-0.2, 0) is 19.4 Å². The fraction of sp³-hybridized carbons (Fsp3) is 0.448. The number of nitrogens with zero attached hydrogens (tertiary/aromatic N) is 3. The van der Waals surface area contributed by atoms with Crippen LogP contribution in [0.15, 0.2) is 46.0 Å². The van der Waals surface area contributed by atoms with E-state index >= 15 is 0 Å². The minimum absolute atomic E-state index is 0.0318. The molecule has 1 saturated heterocycles. The van der Waals surface area contributed by atoms with E-state index in [-0.39, 0.29) is 21.9 Å². The van der Waals surface area contributed by atoms with Crippen LogP contribution in [0.4, 0.5) is 16.4 Å². The Bertz CT molecular complexity index is 1350. The van der Waals surface area contributed by atoms with Crippen molar-refractivity contribution in [1.82, 2.24) is 5.32 Å². The summed E-state index contributed by atoms with van der Waals surface area (Å²) in [5.41, 5.74) is 3.55. The molecule has 200 valence electrons. The summed E-state index contributed by atoms with van der Waals surface area (Å²) in [5.74, 6) is 1.05. The van der Waals surface area contributed by atoms with Gasteiger partial charge in [-0.15, -0.1) is 11.3 Å². The van der Waals surface area contributed by atoms with Crippen LogP contribution in [0.1, 0.15) is 72.2 Å². The SMILES string of the molecule is CC(C)(C)[C@H]1CCc2c(sc(N=Cc3cc([N+](=O)[O-])ccc3N3CCCC3)c2C(=O)NCc2ccco2)C1. The topological polar surface area (TPSA) is 101 Å². The van der Waals surface area contributed by atoms with Crippen molar-refractivity contribution in [2.24, 2.45) is 16.3 Å². The molecular formula is C29H34N4O4S. The summed E-state index contributed by atoms with van der Waals surface area (Å²) in [6.45, 7) is 8.95. The number of aliphatic imine (C=N–C) groups is 1. The van der Waals surface area contributed by atoms with E-state index in [9.17, 15) is 14.9 Å². The third-order valence-electron chi connectivity index (χ3n) is 7.69. The molecule has 0 unspecified atom stereocenters. The molecule has 3 aromatic rings. The first-order chi connectivity index (χ1) is 18.2. The maximum absolute atomic E-state index is 13.5. The van der Waals surface area contributed by atoms with Crippen molar-refractivity contribution in [3.8, 4) is 0 Å². The predicted octanol–water partition coefficient (Wildman–Crippen LogP) is 6.68. The van der Waals surface area contributed by atoms with Gasteiger partial charge in [-0.1, -0.05) is 20.8 Å². The van der Waals surface area contributed by atoms with Crippen LogP contribution in [0.3, 0.4) is 0 Å². The monoisotopic (exact) mass is 534 g/mol. The van der Waals surface area contributed by atoms with Gasteiger partial charge in [-0.25, -0.2) is 4.99 Å². The van der Waals surface area contributed by atoms with E-state index in [0.29, 0.717) is 34.4 Å². The van der Waals surface area contributed by atoms with Crippen molar-refractivity contribution in [2.75, 3.05) is 18.0 Å². The molecule has 9 heteroatoms. The number of nitrogens with one attached hydrogen (secondary N) is 1. The van der Waals surface area contributed by atoms with Gasteiger partial charge in [0, 0.05) is 47.6 Å². The molecule has 5 rings (SSSR count). The van der Waals surface area contributed by atoms with Crippen molar-refractivity contribution >= 4 is 39.8 Å². The Morgan fingerprint density at radius 1 is 1.29 bits per heavy atom. The third-order valence-corrected chi connectivity index (χ3v) is 8.85. The highest BCUT2D eigenvalue weighted by molar-refractivity contribution is 7.16. The highest BCUT2D eigenvalue weighted by Crippen LogP contribution is 2.45. The molecular weight excluding hydrogens is 500 g/mol. The number of non-ortho nitro benzene ring substituents is 1. The number of furan rings is 1. The Kier molecular flexibility index (Phi) is 7.38. The molecule has 2 aromatic heterocycles. The molecule has 1 N–H and O–H groups in total. The van der Waals surface area contributed by atoms with E-state index in [1.165, 1.54) is 4.88 Å². The second-order valence-corrected chi connectivity index (χ2v) is 12.3. The first-order valence-corrected chi connectivity index (χ1v) is 14.0. The standard InChI is InChI=1S/C29H34N4O4S/c1-29(2,3)20-8-10-23-25(16-20)38-28(26(23)27(34)30-18-22-7-6-14-37-22)31-17-19-15-21(33(35)36)9-11-24(19)32-12-4-5-13-32/h6-7,9,11,14-15,17,20H,4-5,8,10,12-13,16,18H2,1-3H3,(H,30,34)/t20-/m0/s1. The number of nitro benzene ring substituents is 1. The second kappa shape index (κ2) is 10.7. The van der Waals surface area contributed by atoms with Crippen molar-refractivity contribution in [3.05, 3.63) is 74.0 Å². The molecule has 1 atom stereocenters. The Hall–Kier alpha value is -3.46. The van der Waals surface area contributed by atoms with Crippen LogP contribution in [0.2, 0.25) is 0 Å². The van der Waals surface area contributed by atoms with Crippen molar-refractivity contribution < 1.29 is 14.1 Å². The number of rotatable bonds is 7. The molecule has 38 heavy (non-hydrogen) atoms. The number of carbonyl (C=O) groups is 1. The molecule has 0 radical (unpaired) electrons. The number of nitro groups is 1. The molecule has 2 aliphatic rings. The van der Waals surface area contributed by atoms with Crippen molar-refractivity contribution in [2.45, 2.75) is 59.4 Å². The first kappa shape index (κ1) is 26.2. The van der Waals surface area contributed by atoms with Gasteiger partial charge in [0.25, 0.3) is 11.6 Å². The maximum Gasteiger partial charge on any atom is 0.270 e. The molecule has 3 heterocycles. The van der Waals surface area contributed by atoms with Gasteiger partial charge >= 0.3 is 0 Å². The van der Waals surface area contributed by atoms with Crippen molar-refractivity contribution in [3.63, 3.8) is 0 Å². The maximum atomic E-state index is 13.5. The second-order valence-electron chi connectivity index (χ2n) is 11.2. The fourth-order valence-electron chi connectivity index (χ4n) is 5.44.